The Bertz CT molecular complexity index is 286. The van der Waals surface area contributed by atoms with Gasteiger partial charge in [0.25, 0.3) is 0 Å². The van der Waals surface area contributed by atoms with Gasteiger partial charge in [-0.1, -0.05) is 17.7 Å². The molecule has 0 aliphatic heterocycles. The molecule has 0 unspecified atom stereocenters. The predicted molar refractivity (Wildman–Crippen MR) is 57.9 cm³/mol. The SMILES string of the molecule is Cc1ccc(N)c(C)c1.N=CC=N. The van der Waals surface area contributed by atoms with Crippen molar-refractivity contribution in [2.24, 2.45) is 0 Å². The summed E-state index contributed by atoms with van der Waals surface area (Å²) in [4.78, 5) is 0. The van der Waals surface area contributed by atoms with Crippen LogP contribution in [0.15, 0.2) is 18.2 Å². The quantitative estimate of drug-likeness (QED) is 0.446. The van der Waals surface area contributed by atoms with Crippen molar-refractivity contribution in [3.05, 3.63) is 29.3 Å². The van der Waals surface area contributed by atoms with Crippen LogP contribution in [-0.4, -0.2) is 12.4 Å². The molecule has 0 radical (unpaired) electrons. The highest BCUT2D eigenvalue weighted by Gasteiger charge is 1.89. The molecule has 0 saturated carbocycles. The Hall–Kier alpha value is -1.64. The third kappa shape index (κ3) is 4.74. The maximum absolute atomic E-state index is 6.08. The van der Waals surface area contributed by atoms with Crippen molar-refractivity contribution in [2.75, 3.05) is 5.73 Å². The van der Waals surface area contributed by atoms with Crippen molar-refractivity contribution in [2.45, 2.75) is 13.8 Å². The van der Waals surface area contributed by atoms with E-state index in [9.17, 15) is 0 Å². The predicted octanol–water partition coefficient (Wildman–Crippen LogP) is 2.17. The van der Waals surface area contributed by atoms with Crippen LogP contribution in [0.2, 0.25) is 0 Å². The lowest BCUT2D eigenvalue weighted by Gasteiger charge is -1.98. The van der Waals surface area contributed by atoms with Crippen molar-refractivity contribution < 1.29 is 0 Å². The number of anilines is 1. The molecule has 1 rings (SSSR count). The van der Waals surface area contributed by atoms with E-state index in [-0.39, 0.29) is 0 Å². The van der Waals surface area contributed by atoms with Gasteiger partial charge in [-0.2, -0.15) is 0 Å². The van der Waals surface area contributed by atoms with Crippen molar-refractivity contribution in [1.82, 2.24) is 0 Å². The van der Waals surface area contributed by atoms with Crippen LogP contribution < -0.4 is 5.73 Å². The van der Waals surface area contributed by atoms with Gasteiger partial charge in [-0.05, 0) is 25.5 Å². The molecule has 70 valence electrons. The average Bonchev–Trinajstić information content (AvgIpc) is 2.12. The van der Waals surface area contributed by atoms with Gasteiger partial charge in [0.1, 0.15) is 0 Å². The van der Waals surface area contributed by atoms with Crippen molar-refractivity contribution >= 4 is 18.1 Å². The topological polar surface area (TPSA) is 73.7 Å². The molecular formula is C10H15N3. The molecule has 3 nitrogen and oxygen atoms in total. The van der Waals surface area contributed by atoms with E-state index in [2.05, 4.69) is 13.0 Å². The number of nitrogen functional groups attached to an aromatic ring is 1. The van der Waals surface area contributed by atoms with Crippen LogP contribution in [0.25, 0.3) is 0 Å². The second kappa shape index (κ2) is 5.94. The van der Waals surface area contributed by atoms with Crippen molar-refractivity contribution in [3.8, 4) is 0 Å². The molecule has 0 aromatic heterocycles. The van der Waals surface area contributed by atoms with Crippen LogP contribution in [0.3, 0.4) is 0 Å². The maximum Gasteiger partial charge on any atom is 0.0353 e. The van der Waals surface area contributed by atoms with Gasteiger partial charge < -0.3 is 16.6 Å². The van der Waals surface area contributed by atoms with Crippen LogP contribution in [0.4, 0.5) is 5.69 Å². The number of rotatable bonds is 1. The van der Waals surface area contributed by atoms with E-state index in [4.69, 9.17) is 16.6 Å². The van der Waals surface area contributed by atoms with Gasteiger partial charge >= 0.3 is 0 Å². The molecule has 1 aromatic rings. The van der Waals surface area contributed by atoms with Gasteiger partial charge in [-0.15, -0.1) is 0 Å². The lowest BCUT2D eigenvalue weighted by Crippen LogP contribution is -1.88. The monoisotopic (exact) mass is 177 g/mol. The van der Waals surface area contributed by atoms with Crippen LogP contribution in [0.1, 0.15) is 11.1 Å². The first-order valence-electron chi connectivity index (χ1n) is 3.94. The fourth-order valence-corrected chi connectivity index (χ4v) is 0.826. The zero-order chi connectivity index (χ0) is 10.3. The Morgan fingerprint density at radius 2 is 1.69 bits per heavy atom. The highest BCUT2D eigenvalue weighted by atomic mass is 14.5. The minimum atomic E-state index is 0.876. The number of aryl methyl sites for hydroxylation is 2. The first-order chi connectivity index (χ1) is 6.11. The van der Waals surface area contributed by atoms with Gasteiger partial charge in [0.2, 0.25) is 0 Å². The number of hydrogen-bond acceptors (Lipinski definition) is 3. The fourth-order valence-electron chi connectivity index (χ4n) is 0.826. The number of hydrogen-bond donors (Lipinski definition) is 3. The summed E-state index contributed by atoms with van der Waals surface area (Å²) in [5.41, 5.74) is 8.89. The Labute approximate surface area is 78.6 Å². The van der Waals surface area contributed by atoms with E-state index in [1.165, 1.54) is 5.56 Å². The Balaban J connectivity index is 0.000000310. The van der Waals surface area contributed by atoms with E-state index < -0.39 is 0 Å². The number of nitrogens with two attached hydrogens (primary N) is 1. The maximum atomic E-state index is 6.08. The van der Waals surface area contributed by atoms with Crippen LogP contribution in [0.5, 0.6) is 0 Å². The first kappa shape index (κ1) is 11.4. The lowest BCUT2D eigenvalue weighted by molar-refractivity contribution is 1.39. The highest BCUT2D eigenvalue weighted by Crippen LogP contribution is 2.10. The van der Waals surface area contributed by atoms with Gasteiger partial charge in [-0.25, -0.2) is 0 Å². The van der Waals surface area contributed by atoms with E-state index in [0.717, 1.165) is 23.7 Å². The molecule has 0 aliphatic rings. The van der Waals surface area contributed by atoms with Crippen molar-refractivity contribution in [1.29, 1.82) is 10.8 Å². The van der Waals surface area contributed by atoms with Crippen LogP contribution in [0, 0.1) is 24.7 Å². The Morgan fingerprint density at radius 3 is 2.00 bits per heavy atom. The third-order valence-corrected chi connectivity index (χ3v) is 1.51. The molecule has 0 amide bonds. The minimum Gasteiger partial charge on any atom is -0.399 e. The molecule has 13 heavy (non-hydrogen) atoms. The molecule has 0 spiro atoms. The minimum absolute atomic E-state index is 0.876. The standard InChI is InChI=1S/C8H11N.C2H4N2/c1-6-3-4-8(9)7(2)5-6;3-1-2-4/h3-5H,9H2,1-2H3;1-4H. The molecule has 0 heterocycles. The summed E-state index contributed by atoms with van der Waals surface area (Å²) in [5.74, 6) is 0. The van der Waals surface area contributed by atoms with E-state index in [1.54, 1.807) is 0 Å². The second-order valence-electron chi connectivity index (χ2n) is 2.69. The van der Waals surface area contributed by atoms with Crippen molar-refractivity contribution in [3.63, 3.8) is 0 Å². The molecule has 0 saturated heterocycles. The molecular weight excluding hydrogens is 162 g/mol. The van der Waals surface area contributed by atoms with E-state index in [1.807, 2.05) is 19.1 Å². The summed E-state index contributed by atoms with van der Waals surface area (Å²) in [7, 11) is 0. The van der Waals surface area contributed by atoms with Crippen LogP contribution >= 0.6 is 0 Å². The van der Waals surface area contributed by atoms with Gasteiger partial charge in [0.15, 0.2) is 0 Å². The smallest absolute Gasteiger partial charge is 0.0353 e. The summed E-state index contributed by atoms with van der Waals surface area (Å²) in [6, 6.07) is 6.03. The summed E-state index contributed by atoms with van der Waals surface area (Å²) in [6.07, 6.45) is 1.83. The summed E-state index contributed by atoms with van der Waals surface area (Å²) < 4.78 is 0. The molecule has 1 aromatic carbocycles. The second-order valence-corrected chi connectivity index (χ2v) is 2.69. The van der Waals surface area contributed by atoms with Gasteiger partial charge in [-0.3, -0.25) is 0 Å². The van der Waals surface area contributed by atoms with Gasteiger partial charge in [0, 0.05) is 18.1 Å². The third-order valence-electron chi connectivity index (χ3n) is 1.51. The molecule has 0 aliphatic carbocycles. The first-order valence-corrected chi connectivity index (χ1v) is 3.94. The number of benzene rings is 1. The summed E-state index contributed by atoms with van der Waals surface area (Å²) in [5, 5.41) is 12.2. The molecule has 4 N–H and O–H groups in total. The normalized spacial score (nSPS) is 8.15. The van der Waals surface area contributed by atoms with Crippen LogP contribution in [-0.2, 0) is 0 Å². The average molecular weight is 177 g/mol. The zero-order valence-electron chi connectivity index (χ0n) is 7.96. The highest BCUT2D eigenvalue weighted by molar-refractivity contribution is 6.12. The number of nitrogens with one attached hydrogen (secondary N) is 2. The fraction of sp³-hybridized carbons (Fsp3) is 0.200. The summed E-state index contributed by atoms with van der Waals surface area (Å²) in [6.45, 7) is 4.08. The Morgan fingerprint density at radius 1 is 1.15 bits per heavy atom. The molecule has 0 atom stereocenters. The molecule has 0 bridgehead atoms. The molecule has 0 fully saturated rings. The van der Waals surface area contributed by atoms with E-state index in [0.29, 0.717) is 0 Å². The largest absolute Gasteiger partial charge is 0.399 e. The summed E-state index contributed by atoms with van der Waals surface area (Å²) >= 11 is 0. The lowest BCUT2D eigenvalue weighted by atomic mass is 10.1. The molecule has 3 heteroatoms. The zero-order valence-corrected chi connectivity index (χ0v) is 7.96. The van der Waals surface area contributed by atoms with Gasteiger partial charge in [0.05, 0.1) is 0 Å². The Kier molecular flexibility index (Phi) is 5.19. The van der Waals surface area contributed by atoms with E-state index >= 15 is 0 Å².